The molecule has 2 heterocycles. The van der Waals surface area contributed by atoms with E-state index in [0.29, 0.717) is 30.2 Å². The quantitative estimate of drug-likeness (QED) is 0.593. The Bertz CT molecular complexity index is 1110. The molecule has 4 aromatic rings. The van der Waals surface area contributed by atoms with Crippen LogP contribution in [0, 0.1) is 13.8 Å². The van der Waals surface area contributed by atoms with Gasteiger partial charge in [-0.1, -0.05) is 23.8 Å². The van der Waals surface area contributed by atoms with Gasteiger partial charge in [0.1, 0.15) is 0 Å². The van der Waals surface area contributed by atoms with Crippen molar-refractivity contribution in [2.24, 2.45) is 0 Å². The molecule has 0 saturated carbocycles. The summed E-state index contributed by atoms with van der Waals surface area (Å²) in [5, 5.41) is 15.7. The van der Waals surface area contributed by atoms with Gasteiger partial charge in [-0.2, -0.15) is 4.68 Å². The van der Waals surface area contributed by atoms with E-state index in [1.54, 1.807) is 17.7 Å². The van der Waals surface area contributed by atoms with Crippen LogP contribution in [0.5, 0.6) is 0 Å². The first-order valence-corrected chi connectivity index (χ1v) is 8.81. The van der Waals surface area contributed by atoms with E-state index >= 15 is 0 Å². The van der Waals surface area contributed by atoms with E-state index in [1.807, 2.05) is 18.2 Å². The van der Waals surface area contributed by atoms with Crippen LogP contribution < -0.4 is 5.32 Å². The number of tetrazole rings is 1. The summed E-state index contributed by atoms with van der Waals surface area (Å²) in [6.07, 6.45) is 2.05. The van der Waals surface area contributed by atoms with Crippen molar-refractivity contribution in [2.45, 2.75) is 20.4 Å². The first-order chi connectivity index (χ1) is 13.1. The van der Waals surface area contributed by atoms with Gasteiger partial charge in [0, 0.05) is 24.8 Å². The van der Waals surface area contributed by atoms with Gasteiger partial charge >= 0.3 is 0 Å². The fourth-order valence-corrected chi connectivity index (χ4v) is 3.20. The number of amides is 1. The number of hydrogen-bond donors (Lipinski definition) is 1. The number of nitrogens with one attached hydrogen (secondary N) is 1. The normalized spacial score (nSPS) is 11.0. The molecular formula is C20H20N6O. The number of fused-ring (bicyclic) bond motifs is 1. The van der Waals surface area contributed by atoms with Crippen molar-refractivity contribution in [3.8, 4) is 5.69 Å². The van der Waals surface area contributed by atoms with Gasteiger partial charge in [0.15, 0.2) is 5.82 Å². The Kier molecular flexibility index (Phi) is 4.42. The van der Waals surface area contributed by atoms with Gasteiger partial charge in [-0.15, -0.1) is 5.10 Å². The summed E-state index contributed by atoms with van der Waals surface area (Å²) in [7, 11) is 0. The van der Waals surface area contributed by atoms with Crippen molar-refractivity contribution in [1.82, 2.24) is 30.1 Å². The molecule has 0 aliphatic rings. The largest absolute Gasteiger partial charge is 0.350 e. The number of aryl methyl sites for hydroxylation is 2. The van der Waals surface area contributed by atoms with Gasteiger partial charge < -0.3 is 9.88 Å². The van der Waals surface area contributed by atoms with Crippen LogP contribution in [0.25, 0.3) is 16.6 Å². The Balaban J connectivity index is 1.48. The molecule has 0 aliphatic carbocycles. The van der Waals surface area contributed by atoms with E-state index in [2.05, 4.69) is 62.8 Å². The minimum absolute atomic E-state index is 0.146. The van der Waals surface area contributed by atoms with Crippen LogP contribution in [0.4, 0.5) is 0 Å². The molecule has 27 heavy (non-hydrogen) atoms. The number of hydrogen-bond acceptors (Lipinski definition) is 4. The Labute approximate surface area is 156 Å². The Hall–Kier alpha value is -3.48. The van der Waals surface area contributed by atoms with E-state index in [4.69, 9.17) is 0 Å². The van der Waals surface area contributed by atoms with E-state index in [-0.39, 0.29) is 5.91 Å². The highest BCUT2D eigenvalue weighted by Gasteiger charge is 2.14. The van der Waals surface area contributed by atoms with Crippen LogP contribution in [0.3, 0.4) is 0 Å². The lowest BCUT2D eigenvalue weighted by Gasteiger charge is -2.11. The monoisotopic (exact) mass is 360 g/mol. The zero-order chi connectivity index (χ0) is 18.8. The van der Waals surface area contributed by atoms with Gasteiger partial charge in [0.05, 0.1) is 11.3 Å². The smallest absolute Gasteiger partial charge is 0.253 e. The molecule has 0 radical (unpaired) electrons. The zero-order valence-corrected chi connectivity index (χ0v) is 15.3. The number of benzene rings is 2. The highest BCUT2D eigenvalue weighted by Crippen LogP contribution is 2.17. The molecule has 0 bridgehead atoms. The van der Waals surface area contributed by atoms with E-state index in [1.165, 1.54) is 16.5 Å². The molecule has 136 valence electrons. The molecule has 4 rings (SSSR count). The second-order valence-corrected chi connectivity index (χ2v) is 6.48. The van der Waals surface area contributed by atoms with Crippen LogP contribution in [-0.2, 0) is 6.54 Å². The van der Waals surface area contributed by atoms with Crippen molar-refractivity contribution in [3.63, 3.8) is 0 Å². The minimum Gasteiger partial charge on any atom is -0.350 e. The van der Waals surface area contributed by atoms with Gasteiger partial charge in [-0.25, -0.2) is 0 Å². The average molecular weight is 360 g/mol. The third-order valence-electron chi connectivity index (χ3n) is 4.57. The van der Waals surface area contributed by atoms with Crippen LogP contribution >= 0.6 is 0 Å². The lowest BCUT2D eigenvalue weighted by molar-refractivity contribution is 0.0952. The number of rotatable bonds is 5. The molecule has 0 aliphatic heterocycles. The lowest BCUT2D eigenvalue weighted by Crippen LogP contribution is -2.28. The van der Waals surface area contributed by atoms with Crippen molar-refractivity contribution < 1.29 is 4.79 Å². The summed E-state index contributed by atoms with van der Waals surface area (Å²) < 4.78 is 3.71. The predicted molar refractivity (Wildman–Crippen MR) is 103 cm³/mol. The van der Waals surface area contributed by atoms with E-state index in [0.717, 1.165) is 0 Å². The SMILES string of the molecule is Cc1ccc2c(ccn2CCNC(=O)c2ccccc2-n2nnnc2C)c1. The minimum atomic E-state index is -0.146. The third kappa shape index (κ3) is 3.31. The maximum Gasteiger partial charge on any atom is 0.253 e. The molecule has 7 nitrogen and oxygen atoms in total. The first kappa shape index (κ1) is 17.0. The van der Waals surface area contributed by atoms with Crippen molar-refractivity contribution in [2.75, 3.05) is 6.54 Å². The summed E-state index contributed by atoms with van der Waals surface area (Å²) >= 11 is 0. The average Bonchev–Trinajstić information content (AvgIpc) is 3.27. The molecule has 0 fully saturated rings. The first-order valence-electron chi connectivity index (χ1n) is 8.81. The van der Waals surface area contributed by atoms with Crippen LogP contribution in [0.15, 0.2) is 54.7 Å². The second-order valence-electron chi connectivity index (χ2n) is 6.48. The molecule has 0 unspecified atom stereocenters. The Morgan fingerprint density at radius 2 is 1.96 bits per heavy atom. The Morgan fingerprint density at radius 1 is 1.11 bits per heavy atom. The van der Waals surface area contributed by atoms with Crippen LogP contribution in [-0.4, -0.2) is 37.2 Å². The highest BCUT2D eigenvalue weighted by atomic mass is 16.1. The van der Waals surface area contributed by atoms with Crippen molar-refractivity contribution >= 4 is 16.8 Å². The zero-order valence-electron chi connectivity index (χ0n) is 15.3. The molecule has 7 heteroatoms. The molecule has 2 aromatic carbocycles. The van der Waals surface area contributed by atoms with Gasteiger partial charge in [-0.05, 0) is 60.0 Å². The van der Waals surface area contributed by atoms with Crippen molar-refractivity contribution in [1.29, 1.82) is 0 Å². The standard InChI is InChI=1S/C20H20N6O/c1-14-7-8-18-16(13-14)9-11-25(18)12-10-21-20(27)17-5-3-4-6-19(17)26-15(2)22-23-24-26/h3-9,11,13H,10,12H2,1-2H3,(H,21,27). The van der Waals surface area contributed by atoms with Crippen LogP contribution in [0.2, 0.25) is 0 Å². The highest BCUT2D eigenvalue weighted by molar-refractivity contribution is 5.97. The van der Waals surface area contributed by atoms with Gasteiger partial charge in [0.2, 0.25) is 0 Å². The van der Waals surface area contributed by atoms with E-state index in [9.17, 15) is 4.79 Å². The molecular weight excluding hydrogens is 340 g/mol. The summed E-state index contributed by atoms with van der Waals surface area (Å²) in [5.74, 6) is 0.483. The predicted octanol–water partition coefficient (Wildman–Crippen LogP) is 2.66. The van der Waals surface area contributed by atoms with E-state index < -0.39 is 0 Å². The molecule has 0 spiro atoms. The maximum atomic E-state index is 12.7. The van der Waals surface area contributed by atoms with Crippen LogP contribution in [0.1, 0.15) is 21.7 Å². The molecule has 2 aromatic heterocycles. The topological polar surface area (TPSA) is 77.6 Å². The number of para-hydroxylation sites is 1. The van der Waals surface area contributed by atoms with Gasteiger partial charge in [-0.3, -0.25) is 4.79 Å². The number of nitrogens with zero attached hydrogens (tertiary/aromatic N) is 5. The Morgan fingerprint density at radius 3 is 2.78 bits per heavy atom. The fourth-order valence-electron chi connectivity index (χ4n) is 3.20. The summed E-state index contributed by atoms with van der Waals surface area (Å²) in [5.41, 5.74) is 3.61. The number of carbonyl (C=O) groups is 1. The summed E-state index contributed by atoms with van der Waals surface area (Å²) in [6.45, 7) is 5.11. The van der Waals surface area contributed by atoms with Gasteiger partial charge in [0.25, 0.3) is 5.91 Å². The van der Waals surface area contributed by atoms with Crippen molar-refractivity contribution in [3.05, 3.63) is 71.7 Å². The second kappa shape index (κ2) is 7.03. The molecule has 0 saturated heterocycles. The summed E-state index contributed by atoms with van der Waals surface area (Å²) in [4.78, 5) is 12.7. The summed E-state index contributed by atoms with van der Waals surface area (Å²) in [6, 6.07) is 15.8. The molecule has 1 amide bonds. The number of aromatic nitrogens is 5. The fraction of sp³-hybridized carbons (Fsp3) is 0.200. The molecule has 1 N–H and O–H groups in total. The molecule has 0 atom stereocenters. The third-order valence-corrected chi connectivity index (χ3v) is 4.57. The maximum absolute atomic E-state index is 12.7. The lowest BCUT2D eigenvalue weighted by atomic mass is 10.1. The number of carbonyl (C=O) groups excluding carboxylic acids is 1.